The quantitative estimate of drug-likeness (QED) is 0.484. The molecule has 1 aromatic heterocycles. The molecule has 0 saturated carbocycles. The summed E-state index contributed by atoms with van der Waals surface area (Å²) < 4.78 is 1.32. The Labute approximate surface area is 206 Å². The van der Waals surface area contributed by atoms with Crippen molar-refractivity contribution in [3.63, 3.8) is 0 Å². The van der Waals surface area contributed by atoms with Crippen LogP contribution in [0, 0.1) is 13.8 Å². The standard InChI is InChI=1S/C28H22N4O4/c1-15-12-18-10-11-31-24(18)21(13-15)23(17-6-4-3-5-7-17)30-25(27(31)34)32-16(2)29-22-14-19(28(35)36)8-9-20(22)26(32)33/h3-9,12-14,25H,10-11H2,1-2H3,(H,35,36)/t25-/m0/s1. The number of benzene rings is 3. The molecule has 36 heavy (non-hydrogen) atoms. The van der Waals surface area contributed by atoms with Gasteiger partial charge in [0.1, 0.15) is 5.82 Å². The largest absolute Gasteiger partial charge is 0.478 e. The Morgan fingerprint density at radius 3 is 2.56 bits per heavy atom. The molecule has 2 aliphatic heterocycles. The topological polar surface area (TPSA) is 105 Å². The third-order valence-electron chi connectivity index (χ3n) is 6.82. The molecular weight excluding hydrogens is 456 g/mol. The van der Waals surface area contributed by atoms with Crippen molar-refractivity contribution in [3.8, 4) is 0 Å². The Morgan fingerprint density at radius 2 is 1.81 bits per heavy atom. The molecule has 0 spiro atoms. The lowest BCUT2D eigenvalue weighted by Crippen LogP contribution is -2.39. The van der Waals surface area contributed by atoms with Crippen molar-refractivity contribution in [2.75, 3.05) is 11.4 Å². The van der Waals surface area contributed by atoms with Gasteiger partial charge >= 0.3 is 5.97 Å². The van der Waals surface area contributed by atoms with Gasteiger partial charge in [-0.2, -0.15) is 0 Å². The van der Waals surface area contributed by atoms with Crippen LogP contribution in [0.3, 0.4) is 0 Å². The van der Waals surface area contributed by atoms with E-state index < -0.39 is 17.7 Å². The van der Waals surface area contributed by atoms with Crippen LogP contribution in [0.2, 0.25) is 0 Å². The molecule has 0 aliphatic carbocycles. The summed E-state index contributed by atoms with van der Waals surface area (Å²) in [6.07, 6.45) is -0.422. The van der Waals surface area contributed by atoms with Crippen molar-refractivity contribution in [1.29, 1.82) is 0 Å². The number of carbonyl (C=O) groups is 2. The Morgan fingerprint density at radius 1 is 1.03 bits per heavy atom. The molecule has 2 aliphatic rings. The lowest BCUT2D eigenvalue weighted by atomic mass is 9.96. The van der Waals surface area contributed by atoms with Crippen molar-refractivity contribution >= 4 is 34.2 Å². The number of hydrogen-bond donors (Lipinski definition) is 1. The molecule has 3 heterocycles. The second kappa shape index (κ2) is 7.98. The minimum absolute atomic E-state index is 0.0388. The molecule has 6 rings (SSSR count). The fraction of sp³-hybridized carbons (Fsp3) is 0.179. The molecule has 178 valence electrons. The van der Waals surface area contributed by atoms with Crippen LogP contribution in [0.15, 0.2) is 70.5 Å². The number of fused-ring (bicyclic) bond motifs is 1. The number of carbonyl (C=O) groups excluding carboxylic acids is 1. The van der Waals surface area contributed by atoms with Gasteiger partial charge in [0.05, 0.1) is 27.9 Å². The summed E-state index contributed by atoms with van der Waals surface area (Å²) in [6.45, 7) is 4.17. The van der Waals surface area contributed by atoms with Gasteiger partial charge in [-0.25, -0.2) is 14.8 Å². The van der Waals surface area contributed by atoms with Crippen LogP contribution in [0.4, 0.5) is 5.69 Å². The number of rotatable bonds is 3. The van der Waals surface area contributed by atoms with Crippen molar-refractivity contribution in [3.05, 3.63) is 105 Å². The van der Waals surface area contributed by atoms with Crippen molar-refractivity contribution in [2.45, 2.75) is 26.4 Å². The van der Waals surface area contributed by atoms with Crippen LogP contribution in [0.25, 0.3) is 10.9 Å². The van der Waals surface area contributed by atoms with E-state index in [-0.39, 0.29) is 28.2 Å². The highest BCUT2D eigenvalue weighted by atomic mass is 16.4. The lowest BCUT2D eigenvalue weighted by molar-refractivity contribution is -0.121. The zero-order chi connectivity index (χ0) is 25.1. The zero-order valence-corrected chi connectivity index (χ0v) is 19.7. The molecule has 0 fully saturated rings. The molecule has 0 bridgehead atoms. The number of aryl methyl sites for hydroxylation is 2. The first-order valence-corrected chi connectivity index (χ1v) is 11.7. The number of aromatic nitrogens is 2. The van der Waals surface area contributed by atoms with E-state index in [0.29, 0.717) is 12.3 Å². The first kappa shape index (κ1) is 21.9. The molecule has 8 heteroatoms. The van der Waals surface area contributed by atoms with Crippen molar-refractivity contribution in [2.24, 2.45) is 4.99 Å². The SMILES string of the molecule is Cc1cc2c3c(c1)C(c1ccccc1)=N[C@@H](n1c(C)nc4cc(C(=O)O)ccc4c1=O)C(=O)N3CC2. The van der Waals surface area contributed by atoms with Gasteiger partial charge in [-0.05, 0) is 50.1 Å². The van der Waals surface area contributed by atoms with Gasteiger partial charge in [0.25, 0.3) is 11.5 Å². The average molecular weight is 479 g/mol. The number of hydrogen-bond acceptors (Lipinski definition) is 5. The Hall–Kier alpha value is -4.59. The predicted octanol–water partition coefficient (Wildman–Crippen LogP) is 3.65. The van der Waals surface area contributed by atoms with E-state index in [4.69, 9.17) is 4.99 Å². The van der Waals surface area contributed by atoms with Crippen LogP contribution in [0.1, 0.15) is 44.6 Å². The van der Waals surface area contributed by atoms with Crippen molar-refractivity contribution in [1.82, 2.24) is 9.55 Å². The molecule has 0 radical (unpaired) electrons. The molecule has 4 aromatic rings. The fourth-order valence-corrected chi connectivity index (χ4v) is 5.22. The van der Waals surface area contributed by atoms with Crippen molar-refractivity contribution < 1.29 is 14.7 Å². The third kappa shape index (κ3) is 3.25. The van der Waals surface area contributed by atoms with Crippen LogP contribution in [0.5, 0.6) is 0 Å². The van der Waals surface area contributed by atoms with Gasteiger partial charge in [-0.15, -0.1) is 0 Å². The number of amides is 1. The van der Waals surface area contributed by atoms with E-state index in [9.17, 15) is 19.5 Å². The van der Waals surface area contributed by atoms with Gasteiger partial charge in [-0.1, -0.05) is 42.0 Å². The molecule has 3 aromatic carbocycles. The molecule has 0 unspecified atom stereocenters. The highest BCUT2D eigenvalue weighted by Gasteiger charge is 2.38. The molecular formula is C28H22N4O4. The number of carboxylic acid groups (broad SMARTS) is 1. The number of anilines is 1. The number of aromatic carboxylic acids is 1. The molecule has 1 atom stereocenters. The van der Waals surface area contributed by atoms with Gasteiger partial charge in [0.15, 0.2) is 0 Å². The van der Waals surface area contributed by atoms with Gasteiger partial charge in [-0.3, -0.25) is 14.2 Å². The first-order valence-electron chi connectivity index (χ1n) is 11.7. The first-order chi connectivity index (χ1) is 17.3. The maximum absolute atomic E-state index is 14.0. The number of nitrogens with zero attached hydrogens (tertiary/aromatic N) is 4. The Bertz CT molecular complexity index is 1690. The van der Waals surface area contributed by atoms with E-state index in [1.54, 1.807) is 11.8 Å². The summed E-state index contributed by atoms with van der Waals surface area (Å²) in [5, 5.41) is 9.56. The van der Waals surface area contributed by atoms with Crippen LogP contribution >= 0.6 is 0 Å². The predicted molar refractivity (Wildman–Crippen MR) is 136 cm³/mol. The highest BCUT2D eigenvalue weighted by Crippen LogP contribution is 2.39. The minimum atomic E-state index is -1.15. The summed E-state index contributed by atoms with van der Waals surface area (Å²) >= 11 is 0. The second-order valence-corrected chi connectivity index (χ2v) is 9.15. The van der Waals surface area contributed by atoms with Gasteiger partial charge < -0.3 is 10.0 Å². The second-order valence-electron chi connectivity index (χ2n) is 9.15. The Balaban J connectivity index is 1.63. The maximum atomic E-state index is 14.0. The fourth-order valence-electron chi connectivity index (χ4n) is 5.22. The summed E-state index contributed by atoms with van der Waals surface area (Å²) in [5.41, 5.74) is 5.25. The van der Waals surface area contributed by atoms with Gasteiger partial charge in [0, 0.05) is 17.7 Å². The van der Waals surface area contributed by atoms with E-state index in [2.05, 4.69) is 11.1 Å². The Kier molecular flexibility index (Phi) is 4.86. The summed E-state index contributed by atoms with van der Waals surface area (Å²) in [6, 6.07) is 18.0. The monoisotopic (exact) mass is 478 g/mol. The minimum Gasteiger partial charge on any atom is -0.478 e. The number of carboxylic acids is 1. The van der Waals surface area contributed by atoms with Crippen LogP contribution < -0.4 is 10.5 Å². The highest BCUT2D eigenvalue weighted by molar-refractivity contribution is 6.20. The summed E-state index contributed by atoms with van der Waals surface area (Å²) in [4.78, 5) is 50.3. The third-order valence-corrected chi connectivity index (χ3v) is 6.82. The molecule has 0 saturated heterocycles. The normalized spacial score (nSPS) is 16.6. The maximum Gasteiger partial charge on any atom is 0.335 e. The van der Waals surface area contributed by atoms with E-state index in [0.717, 1.165) is 34.4 Å². The molecule has 1 N–H and O–H groups in total. The molecule has 8 nitrogen and oxygen atoms in total. The summed E-state index contributed by atoms with van der Waals surface area (Å²) in [5.74, 6) is -1.11. The van der Waals surface area contributed by atoms with Crippen LogP contribution in [-0.2, 0) is 11.2 Å². The lowest BCUT2D eigenvalue weighted by Gasteiger charge is -2.23. The van der Waals surface area contributed by atoms with Crippen LogP contribution in [-0.4, -0.2) is 38.8 Å². The molecule has 1 amide bonds. The average Bonchev–Trinajstić information content (AvgIpc) is 3.24. The zero-order valence-electron chi connectivity index (χ0n) is 19.7. The van der Waals surface area contributed by atoms with E-state index in [1.165, 1.54) is 22.8 Å². The smallest absolute Gasteiger partial charge is 0.335 e. The van der Waals surface area contributed by atoms with Gasteiger partial charge in [0.2, 0.25) is 6.17 Å². The summed E-state index contributed by atoms with van der Waals surface area (Å²) in [7, 11) is 0. The number of aliphatic imine (C=N–C) groups is 1. The van der Waals surface area contributed by atoms with E-state index >= 15 is 0 Å². The van der Waals surface area contributed by atoms with E-state index in [1.807, 2.05) is 43.3 Å².